The fraction of sp³-hybridized carbons (Fsp3) is 0.200. The van der Waals surface area contributed by atoms with Crippen molar-refractivity contribution >= 4 is 23.2 Å². The summed E-state index contributed by atoms with van der Waals surface area (Å²) in [6.07, 6.45) is 0. The number of hydrogen-bond acceptors (Lipinski definition) is 6. The number of thiophene rings is 1. The van der Waals surface area contributed by atoms with Crippen molar-refractivity contribution in [2.75, 3.05) is 0 Å². The Balaban J connectivity index is 1.55. The van der Waals surface area contributed by atoms with E-state index in [0.717, 1.165) is 16.3 Å². The second kappa shape index (κ2) is 6.67. The van der Waals surface area contributed by atoms with Crippen LogP contribution >= 0.6 is 11.3 Å². The van der Waals surface area contributed by atoms with Gasteiger partial charge in [-0.15, -0.1) is 11.3 Å². The molecule has 2 amide bonds. The molecule has 124 valence electrons. The number of nitrogens with zero attached hydrogens (tertiary/aromatic N) is 3. The highest BCUT2D eigenvalue weighted by Gasteiger charge is 2.15. The molecule has 0 aliphatic carbocycles. The molecule has 3 aromatic rings. The van der Waals surface area contributed by atoms with Gasteiger partial charge in [0.05, 0.1) is 10.6 Å². The van der Waals surface area contributed by atoms with Crippen LogP contribution < -0.4 is 10.9 Å². The Morgan fingerprint density at radius 1 is 1.29 bits per heavy atom. The fourth-order valence-corrected chi connectivity index (χ4v) is 2.79. The first kappa shape index (κ1) is 15.9. The Morgan fingerprint density at radius 3 is 2.79 bits per heavy atom. The molecule has 0 aromatic carbocycles. The van der Waals surface area contributed by atoms with Gasteiger partial charge in [-0.1, -0.05) is 11.2 Å². The maximum atomic E-state index is 12.0. The summed E-state index contributed by atoms with van der Waals surface area (Å²) in [6.45, 7) is 3.71. The highest BCUT2D eigenvalue weighted by atomic mass is 32.1. The van der Waals surface area contributed by atoms with E-state index in [4.69, 9.17) is 4.52 Å². The van der Waals surface area contributed by atoms with Crippen molar-refractivity contribution in [3.63, 3.8) is 0 Å². The first-order chi connectivity index (χ1) is 11.5. The van der Waals surface area contributed by atoms with Crippen molar-refractivity contribution < 1.29 is 14.1 Å². The van der Waals surface area contributed by atoms with Crippen LogP contribution in [0.1, 0.15) is 21.9 Å². The SMILES string of the molecule is Cc1cc(C)n(CC(=O)NNC(=O)c2cc(-c3cccs3)on2)n1. The molecule has 0 bridgehead atoms. The van der Waals surface area contributed by atoms with E-state index in [2.05, 4.69) is 21.1 Å². The Labute approximate surface area is 141 Å². The molecule has 2 N–H and O–H groups in total. The minimum atomic E-state index is -0.553. The molecule has 0 aliphatic heterocycles. The molecular formula is C15H15N5O3S. The Bertz CT molecular complexity index is 866. The Morgan fingerprint density at radius 2 is 2.12 bits per heavy atom. The molecule has 3 rings (SSSR count). The van der Waals surface area contributed by atoms with E-state index in [1.165, 1.54) is 17.4 Å². The maximum absolute atomic E-state index is 12.0. The average molecular weight is 345 g/mol. The lowest BCUT2D eigenvalue weighted by Gasteiger charge is -2.06. The third kappa shape index (κ3) is 3.51. The molecule has 24 heavy (non-hydrogen) atoms. The molecule has 0 unspecified atom stereocenters. The normalized spacial score (nSPS) is 10.6. The summed E-state index contributed by atoms with van der Waals surface area (Å²) in [7, 11) is 0. The van der Waals surface area contributed by atoms with Gasteiger partial charge in [0.15, 0.2) is 11.5 Å². The van der Waals surface area contributed by atoms with E-state index in [1.807, 2.05) is 37.4 Å². The molecule has 8 nitrogen and oxygen atoms in total. The molecule has 0 spiro atoms. The summed E-state index contributed by atoms with van der Waals surface area (Å²) in [5, 5.41) is 9.79. The monoisotopic (exact) mass is 345 g/mol. The highest BCUT2D eigenvalue weighted by Crippen LogP contribution is 2.24. The van der Waals surface area contributed by atoms with E-state index >= 15 is 0 Å². The van der Waals surface area contributed by atoms with E-state index in [9.17, 15) is 9.59 Å². The molecule has 3 heterocycles. The van der Waals surface area contributed by atoms with E-state index in [0.29, 0.717) is 5.76 Å². The number of aromatic nitrogens is 3. The third-order valence-corrected chi connectivity index (χ3v) is 4.10. The van der Waals surface area contributed by atoms with E-state index in [-0.39, 0.29) is 12.2 Å². The lowest BCUT2D eigenvalue weighted by atomic mass is 10.3. The molecular weight excluding hydrogens is 330 g/mol. The summed E-state index contributed by atoms with van der Waals surface area (Å²) in [6, 6.07) is 7.13. The largest absolute Gasteiger partial charge is 0.355 e. The summed E-state index contributed by atoms with van der Waals surface area (Å²) in [4.78, 5) is 24.7. The lowest BCUT2D eigenvalue weighted by molar-refractivity contribution is -0.122. The first-order valence-electron chi connectivity index (χ1n) is 7.14. The summed E-state index contributed by atoms with van der Waals surface area (Å²) < 4.78 is 6.68. The van der Waals surface area contributed by atoms with Crippen molar-refractivity contribution in [1.82, 2.24) is 25.8 Å². The molecule has 3 aromatic heterocycles. The van der Waals surface area contributed by atoms with E-state index < -0.39 is 11.8 Å². The van der Waals surface area contributed by atoms with Gasteiger partial charge in [0.1, 0.15) is 6.54 Å². The molecule has 0 atom stereocenters. The van der Waals surface area contributed by atoms with Crippen LogP contribution in [0.25, 0.3) is 10.6 Å². The lowest BCUT2D eigenvalue weighted by Crippen LogP contribution is -2.43. The van der Waals surface area contributed by atoms with Crippen molar-refractivity contribution in [2.24, 2.45) is 0 Å². The molecule has 0 fully saturated rings. The van der Waals surface area contributed by atoms with Crippen molar-refractivity contribution in [3.8, 4) is 10.6 Å². The minimum absolute atomic E-state index is 0.0131. The second-order valence-corrected chi connectivity index (χ2v) is 6.09. The standard InChI is InChI=1S/C15H15N5O3S/c1-9-6-10(2)20(18-9)8-14(21)16-17-15(22)11-7-12(23-19-11)13-4-3-5-24-13/h3-7H,8H2,1-2H3,(H,16,21)(H,17,22). The van der Waals surface area contributed by atoms with Crippen LogP contribution in [-0.2, 0) is 11.3 Å². The third-order valence-electron chi connectivity index (χ3n) is 3.22. The number of amides is 2. The van der Waals surface area contributed by atoms with Gasteiger partial charge < -0.3 is 4.52 Å². The number of aryl methyl sites for hydroxylation is 2. The zero-order valence-electron chi connectivity index (χ0n) is 13.1. The van der Waals surface area contributed by atoms with Crippen LogP contribution in [0, 0.1) is 13.8 Å². The fourth-order valence-electron chi connectivity index (χ4n) is 2.12. The van der Waals surface area contributed by atoms with Gasteiger partial charge in [0.25, 0.3) is 11.8 Å². The van der Waals surface area contributed by atoms with Crippen LogP contribution in [0.2, 0.25) is 0 Å². The maximum Gasteiger partial charge on any atom is 0.291 e. The quantitative estimate of drug-likeness (QED) is 0.701. The number of rotatable bonds is 4. The van der Waals surface area contributed by atoms with E-state index in [1.54, 1.807) is 4.68 Å². The van der Waals surface area contributed by atoms with Crippen LogP contribution in [0.4, 0.5) is 0 Å². The van der Waals surface area contributed by atoms with Gasteiger partial charge in [0.2, 0.25) is 0 Å². The summed E-state index contributed by atoms with van der Waals surface area (Å²) in [5.74, 6) is -0.441. The average Bonchev–Trinajstić information content (AvgIpc) is 3.26. The highest BCUT2D eigenvalue weighted by molar-refractivity contribution is 7.13. The molecule has 9 heteroatoms. The predicted octanol–water partition coefficient (Wildman–Crippen LogP) is 1.68. The van der Waals surface area contributed by atoms with Crippen molar-refractivity contribution in [1.29, 1.82) is 0 Å². The molecule has 0 radical (unpaired) electrons. The number of carbonyl (C=O) groups is 2. The van der Waals surface area contributed by atoms with Gasteiger partial charge in [0, 0.05) is 11.8 Å². The topological polar surface area (TPSA) is 102 Å². The van der Waals surface area contributed by atoms with Crippen LogP contribution in [0.5, 0.6) is 0 Å². The molecule has 0 aliphatic rings. The van der Waals surface area contributed by atoms with Crippen molar-refractivity contribution in [3.05, 3.63) is 46.7 Å². The van der Waals surface area contributed by atoms with Crippen LogP contribution in [0.3, 0.4) is 0 Å². The first-order valence-corrected chi connectivity index (χ1v) is 8.02. The van der Waals surface area contributed by atoms with Gasteiger partial charge >= 0.3 is 0 Å². The summed E-state index contributed by atoms with van der Waals surface area (Å²) in [5.41, 5.74) is 6.42. The van der Waals surface area contributed by atoms with Gasteiger partial charge in [-0.2, -0.15) is 5.10 Å². The zero-order valence-corrected chi connectivity index (χ0v) is 13.9. The Kier molecular flexibility index (Phi) is 4.43. The van der Waals surface area contributed by atoms with Gasteiger partial charge in [-0.05, 0) is 31.4 Å². The van der Waals surface area contributed by atoms with Crippen LogP contribution in [0.15, 0.2) is 34.2 Å². The van der Waals surface area contributed by atoms with Crippen LogP contribution in [-0.4, -0.2) is 26.8 Å². The predicted molar refractivity (Wildman–Crippen MR) is 87.1 cm³/mol. The second-order valence-electron chi connectivity index (χ2n) is 5.14. The number of hydrogen-bond donors (Lipinski definition) is 2. The number of nitrogens with one attached hydrogen (secondary N) is 2. The molecule has 0 saturated heterocycles. The minimum Gasteiger partial charge on any atom is -0.355 e. The number of hydrazine groups is 1. The smallest absolute Gasteiger partial charge is 0.291 e. The number of carbonyl (C=O) groups excluding carboxylic acids is 2. The van der Waals surface area contributed by atoms with Gasteiger partial charge in [-0.25, -0.2) is 0 Å². The van der Waals surface area contributed by atoms with Crippen molar-refractivity contribution in [2.45, 2.75) is 20.4 Å². The zero-order chi connectivity index (χ0) is 17.1. The van der Waals surface area contributed by atoms with Gasteiger partial charge in [-0.3, -0.25) is 25.1 Å². The summed E-state index contributed by atoms with van der Waals surface area (Å²) >= 11 is 1.48. The molecule has 0 saturated carbocycles. The Hall–Kier alpha value is -2.94.